The first-order valence-corrected chi connectivity index (χ1v) is 10.8. The molecule has 142 valence electrons. The van der Waals surface area contributed by atoms with E-state index in [0.717, 1.165) is 10.6 Å². The van der Waals surface area contributed by atoms with Crippen molar-refractivity contribution in [1.82, 2.24) is 8.75 Å². The molecule has 0 aliphatic carbocycles. The van der Waals surface area contributed by atoms with Gasteiger partial charge in [-0.15, -0.1) is 0 Å². The van der Waals surface area contributed by atoms with Gasteiger partial charge in [-0.25, -0.2) is 13.2 Å². The van der Waals surface area contributed by atoms with E-state index in [1.54, 1.807) is 0 Å². The second-order valence-corrected chi connectivity index (χ2v) is 8.89. The Kier molecular flexibility index (Phi) is 5.55. The Morgan fingerprint density at radius 1 is 0.750 bits per heavy atom. The topological polar surface area (TPSA) is 37.8 Å². The highest BCUT2D eigenvalue weighted by atomic mass is 32.1. The minimum Gasteiger partial charge on any atom is -0.380 e. The zero-order valence-corrected chi connectivity index (χ0v) is 16.3. The van der Waals surface area contributed by atoms with Crippen LogP contribution in [0.4, 0.5) is 18.9 Å². The quantitative estimate of drug-likeness (QED) is 0.367. The number of benzene rings is 3. The van der Waals surface area contributed by atoms with E-state index in [-0.39, 0.29) is 17.6 Å². The Bertz CT molecular complexity index is 1050. The molecule has 1 aromatic heterocycles. The molecule has 3 aromatic carbocycles. The Morgan fingerprint density at radius 3 is 1.86 bits per heavy atom. The van der Waals surface area contributed by atoms with E-state index in [1.807, 2.05) is 60.7 Å². The van der Waals surface area contributed by atoms with Crippen LogP contribution in [-0.2, 0) is 0 Å². The predicted molar refractivity (Wildman–Crippen MR) is 110 cm³/mol. The minimum absolute atomic E-state index is 0.250. The van der Waals surface area contributed by atoms with Crippen LogP contribution in [0.15, 0.2) is 60.7 Å². The van der Waals surface area contributed by atoms with Gasteiger partial charge in [-0.2, -0.15) is 8.75 Å². The van der Waals surface area contributed by atoms with Crippen LogP contribution in [0.3, 0.4) is 0 Å². The highest BCUT2D eigenvalue weighted by Gasteiger charge is 2.23. The lowest BCUT2D eigenvalue weighted by Gasteiger charge is -2.19. The smallest absolute Gasteiger partial charge is 0.190 e. The molecule has 3 nitrogen and oxygen atoms in total. The molecule has 0 unspecified atom stereocenters. The molecule has 1 heterocycles. The first-order valence-electron chi connectivity index (χ1n) is 8.57. The number of hydrogen-bond acceptors (Lipinski definition) is 4. The van der Waals surface area contributed by atoms with Gasteiger partial charge in [-0.1, -0.05) is 60.7 Å². The average molecular weight is 417 g/mol. The van der Waals surface area contributed by atoms with Crippen molar-refractivity contribution in [2.75, 3.05) is 18.0 Å². The number of fused-ring (bicyclic) bond motifs is 1. The second-order valence-electron chi connectivity index (χ2n) is 6.03. The molecule has 0 spiro atoms. The van der Waals surface area contributed by atoms with Crippen molar-refractivity contribution >= 4 is 47.0 Å². The maximum absolute atomic E-state index is 14.6. The number of hydrogen-bond donors (Lipinski definition) is 1. The lowest BCUT2D eigenvalue weighted by atomic mass is 10.2. The molecule has 0 bridgehead atoms. The lowest BCUT2D eigenvalue weighted by molar-refractivity contribution is 0.508. The summed E-state index contributed by atoms with van der Waals surface area (Å²) in [6.45, 7) is 0.284. The molecule has 8 heteroatoms. The van der Waals surface area contributed by atoms with E-state index in [9.17, 15) is 13.2 Å². The van der Waals surface area contributed by atoms with Crippen molar-refractivity contribution in [1.29, 1.82) is 0 Å². The number of nitrogens with zero attached hydrogens (tertiary/aromatic N) is 2. The van der Waals surface area contributed by atoms with Crippen LogP contribution in [0.2, 0.25) is 0 Å². The Balaban J connectivity index is 1.58. The van der Waals surface area contributed by atoms with Crippen LogP contribution in [0.1, 0.15) is 0 Å². The predicted octanol–water partition coefficient (Wildman–Crippen LogP) is 4.65. The van der Waals surface area contributed by atoms with Crippen molar-refractivity contribution in [3.8, 4) is 0 Å². The zero-order chi connectivity index (χ0) is 19.5. The van der Waals surface area contributed by atoms with Gasteiger partial charge in [0.25, 0.3) is 0 Å². The molecule has 0 saturated carbocycles. The molecule has 28 heavy (non-hydrogen) atoms. The highest BCUT2D eigenvalue weighted by molar-refractivity contribution is 7.73. The first kappa shape index (κ1) is 18.8. The minimum atomic E-state index is -1.26. The molecule has 4 rings (SSSR count). The van der Waals surface area contributed by atoms with Crippen molar-refractivity contribution in [3.63, 3.8) is 0 Å². The maximum atomic E-state index is 14.6. The molecule has 0 saturated heterocycles. The van der Waals surface area contributed by atoms with Gasteiger partial charge in [-0.3, -0.25) is 0 Å². The van der Waals surface area contributed by atoms with E-state index in [0.29, 0.717) is 17.9 Å². The summed E-state index contributed by atoms with van der Waals surface area (Å²) in [6, 6.07) is 20.0. The Labute approximate surface area is 165 Å². The van der Waals surface area contributed by atoms with Gasteiger partial charge in [0.05, 0.1) is 11.7 Å². The van der Waals surface area contributed by atoms with Crippen LogP contribution in [-0.4, -0.2) is 21.5 Å². The van der Waals surface area contributed by atoms with E-state index >= 15 is 0 Å². The summed E-state index contributed by atoms with van der Waals surface area (Å²) in [6.07, 6.45) is 0.636. The van der Waals surface area contributed by atoms with Gasteiger partial charge < -0.3 is 5.32 Å². The lowest BCUT2D eigenvalue weighted by Crippen LogP contribution is -2.19. The maximum Gasteiger partial charge on any atom is 0.190 e. The Morgan fingerprint density at radius 2 is 1.29 bits per heavy atom. The summed E-state index contributed by atoms with van der Waals surface area (Å²) in [5.74, 6) is -3.35. The molecule has 4 aromatic rings. The summed E-state index contributed by atoms with van der Waals surface area (Å²) in [7, 11) is -0.726. The number of aromatic nitrogens is 2. The fourth-order valence-corrected chi connectivity index (χ4v) is 5.73. The van der Waals surface area contributed by atoms with Gasteiger partial charge in [0.2, 0.25) is 0 Å². The number of halogens is 3. The largest absolute Gasteiger partial charge is 0.380 e. The normalized spacial score (nSPS) is 11.3. The van der Waals surface area contributed by atoms with Gasteiger partial charge in [0.1, 0.15) is 16.7 Å². The highest BCUT2D eigenvalue weighted by Crippen LogP contribution is 2.34. The monoisotopic (exact) mass is 417 g/mol. The third-order valence-electron chi connectivity index (χ3n) is 4.31. The third-order valence-corrected chi connectivity index (χ3v) is 7.35. The number of nitrogens with one attached hydrogen (secondary N) is 1. The first-order chi connectivity index (χ1) is 13.7. The van der Waals surface area contributed by atoms with Crippen LogP contribution in [0, 0.1) is 17.5 Å². The van der Waals surface area contributed by atoms with Gasteiger partial charge in [-0.05, 0) is 24.7 Å². The van der Waals surface area contributed by atoms with Crippen molar-refractivity contribution in [2.24, 2.45) is 0 Å². The van der Waals surface area contributed by atoms with E-state index in [1.165, 1.54) is 0 Å². The van der Waals surface area contributed by atoms with Gasteiger partial charge in [0.15, 0.2) is 17.5 Å². The molecule has 0 atom stereocenters. The standard InChI is InChI=1S/C20H15F3N3PS/c21-15-16(22)19-20(26-28-25-19)17(23)18(15)24-11-12-27(13-7-3-1-4-8-13)14-9-5-2-6-10-14/h1-10,24H,11-12H2. The second kappa shape index (κ2) is 8.25. The molecule has 0 fully saturated rings. The summed E-state index contributed by atoms with van der Waals surface area (Å²) in [5, 5.41) is 5.06. The van der Waals surface area contributed by atoms with Crippen molar-refractivity contribution in [2.45, 2.75) is 0 Å². The molecule has 1 N–H and O–H groups in total. The van der Waals surface area contributed by atoms with Crippen LogP contribution >= 0.6 is 19.6 Å². The van der Waals surface area contributed by atoms with Gasteiger partial charge >= 0.3 is 0 Å². The molecule has 0 amide bonds. The molecular weight excluding hydrogens is 402 g/mol. The molecule has 0 aliphatic heterocycles. The number of rotatable bonds is 6. The van der Waals surface area contributed by atoms with Crippen molar-refractivity contribution in [3.05, 3.63) is 78.1 Å². The Hall–Kier alpha value is -2.50. The summed E-state index contributed by atoms with van der Waals surface area (Å²) in [5.41, 5.74) is -1.12. The third kappa shape index (κ3) is 3.60. The van der Waals surface area contributed by atoms with Crippen LogP contribution in [0.5, 0.6) is 0 Å². The molecule has 0 aliphatic rings. The summed E-state index contributed by atoms with van der Waals surface area (Å²) in [4.78, 5) is 0. The van der Waals surface area contributed by atoms with Crippen molar-refractivity contribution < 1.29 is 13.2 Å². The van der Waals surface area contributed by atoms with E-state index in [4.69, 9.17) is 0 Å². The summed E-state index contributed by atoms with van der Waals surface area (Å²) >= 11 is 0.651. The van der Waals surface area contributed by atoms with E-state index in [2.05, 4.69) is 14.1 Å². The SMILES string of the molecule is Fc1c(NCCP(c2ccccc2)c2ccccc2)c(F)c2nsnc2c1F. The van der Waals surface area contributed by atoms with Crippen LogP contribution < -0.4 is 15.9 Å². The van der Waals surface area contributed by atoms with Gasteiger partial charge in [0, 0.05) is 6.54 Å². The van der Waals surface area contributed by atoms with E-state index < -0.39 is 31.1 Å². The average Bonchev–Trinajstić information content (AvgIpc) is 3.23. The zero-order valence-electron chi connectivity index (χ0n) is 14.6. The fourth-order valence-electron chi connectivity index (χ4n) is 2.98. The number of anilines is 1. The summed E-state index contributed by atoms with van der Waals surface area (Å²) < 4.78 is 50.3. The molecule has 0 radical (unpaired) electrons. The fraction of sp³-hybridized carbons (Fsp3) is 0.100. The van der Waals surface area contributed by atoms with Crippen LogP contribution in [0.25, 0.3) is 11.0 Å². The molecular formula is C20H15F3N3PS.